The van der Waals surface area contributed by atoms with E-state index in [0.717, 1.165) is 5.56 Å². The topological polar surface area (TPSA) is 135 Å². The van der Waals surface area contributed by atoms with Crippen LogP contribution in [0.5, 0.6) is 17.2 Å². The Kier molecular flexibility index (Phi) is 13.3. The van der Waals surface area contributed by atoms with Crippen molar-refractivity contribution >= 4 is 23.6 Å². The highest BCUT2D eigenvalue weighted by atomic mass is 16.5. The number of fused-ring (bicyclic) bond motifs is 1. The fraction of sp³-hybridized carbons (Fsp3) is 0.515. The summed E-state index contributed by atoms with van der Waals surface area (Å²) in [5, 5.41) is 8.56. The first-order chi connectivity index (χ1) is 21.2. The first-order valence-electron chi connectivity index (χ1n) is 15.3. The smallest absolute Gasteiger partial charge is 0.255 e. The summed E-state index contributed by atoms with van der Waals surface area (Å²) >= 11 is 0. The maximum Gasteiger partial charge on any atom is 0.255 e. The standard InChI is InChI=1S/C33H46N4O7/c1-6-22(3)30-33(41)37(4)19-20-44-26-13-9-8-12-24(26)31(39)35-25(15-17-29(38)36-30)32(40)34-18-10-11-23-14-16-27(43-7-2)28(21-23)42-5/h8-9,12-14,16,21-22,25,30H,6-7,10-11,15,17-20H2,1-5H3,(H,34,40)(H,35,39)(H,36,38)/t22-,25-,30-/m0/s1. The van der Waals surface area contributed by atoms with Crippen molar-refractivity contribution in [2.45, 2.75) is 65.0 Å². The van der Waals surface area contributed by atoms with Crippen LogP contribution in [0.4, 0.5) is 0 Å². The quantitative estimate of drug-likeness (QED) is 0.352. The predicted molar refractivity (Wildman–Crippen MR) is 167 cm³/mol. The van der Waals surface area contributed by atoms with E-state index in [0.29, 0.717) is 49.7 Å². The lowest BCUT2D eigenvalue weighted by molar-refractivity contribution is -0.137. The average Bonchev–Trinajstić information content (AvgIpc) is 3.03. The van der Waals surface area contributed by atoms with Gasteiger partial charge in [0.25, 0.3) is 5.91 Å². The number of aryl methyl sites for hydroxylation is 1. The number of methoxy groups -OCH3 is 1. The minimum absolute atomic E-state index is 0.0492. The summed E-state index contributed by atoms with van der Waals surface area (Å²) in [7, 11) is 3.26. The van der Waals surface area contributed by atoms with E-state index in [4.69, 9.17) is 14.2 Å². The molecule has 0 fully saturated rings. The number of benzene rings is 2. The molecule has 3 rings (SSSR count). The van der Waals surface area contributed by atoms with Gasteiger partial charge in [0, 0.05) is 20.0 Å². The molecule has 3 N–H and O–H groups in total. The van der Waals surface area contributed by atoms with Gasteiger partial charge in [-0.15, -0.1) is 0 Å². The molecule has 0 bridgehead atoms. The zero-order chi connectivity index (χ0) is 32.1. The molecule has 0 aliphatic carbocycles. The van der Waals surface area contributed by atoms with Crippen LogP contribution in [0.1, 0.15) is 62.4 Å². The van der Waals surface area contributed by atoms with Crippen LogP contribution in [-0.4, -0.2) is 81.1 Å². The molecular formula is C33H46N4O7. The van der Waals surface area contributed by atoms with Gasteiger partial charge < -0.3 is 35.1 Å². The van der Waals surface area contributed by atoms with E-state index in [2.05, 4.69) is 16.0 Å². The molecule has 4 amide bonds. The van der Waals surface area contributed by atoms with Crippen molar-refractivity contribution in [2.75, 3.05) is 40.5 Å². The van der Waals surface area contributed by atoms with Crippen molar-refractivity contribution in [1.29, 1.82) is 0 Å². The Morgan fingerprint density at radius 2 is 1.89 bits per heavy atom. The molecule has 0 saturated heterocycles. The monoisotopic (exact) mass is 610 g/mol. The molecule has 3 atom stereocenters. The van der Waals surface area contributed by atoms with Crippen molar-refractivity contribution in [2.24, 2.45) is 5.92 Å². The van der Waals surface area contributed by atoms with Crippen LogP contribution in [0, 0.1) is 5.92 Å². The van der Waals surface area contributed by atoms with Crippen LogP contribution in [0.2, 0.25) is 0 Å². The lowest BCUT2D eigenvalue weighted by Gasteiger charge is -2.28. The predicted octanol–water partition coefficient (Wildman–Crippen LogP) is 3.10. The normalized spacial score (nSPS) is 18.8. The van der Waals surface area contributed by atoms with E-state index in [1.165, 1.54) is 4.90 Å². The molecular weight excluding hydrogens is 564 g/mol. The third-order valence-corrected chi connectivity index (χ3v) is 7.74. The Balaban J connectivity index is 1.73. The molecule has 1 heterocycles. The highest BCUT2D eigenvalue weighted by Crippen LogP contribution is 2.28. The average molecular weight is 611 g/mol. The lowest BCUT2D eigenvalue weighted by atomic mass is 9.97. The van der Waals surface area contributed by atoms with Crippen molar-refractivity contribution in [3.63, 3.8) is 0 Å². The van der Waals surface area contributed by atoms with Gasteiger partial charge in [-0.25, -0.2) is 0 Å². The molecule has 0 saturated carbocycles. The minimum Gasteiger partial charge on any atom is -0.493 e. The minimum atomic E-state index is -0.975. The Labute approximate surface area is 260 Å². The largest absolute Gasteiger partial charge is 0.493 e. The molecule has 44 heavy (non-hydrogen) atoms. The number of nitrogens with zero attached hydrogens (tertiary/aromatic N) is 1. The summed E-state index contributed by atoms with van der Waals surface area (Å²) in [5.74, 6) is 0.117. The molecule has 1 aliphatic rings. The van der Waals surface area contributed by atoms with Crippen LogP contribution >= 0.6 is 0 Å². The van der Waals surface area contributed by atoms with Crippen LogP contribution in [0.25, 0.3) is 0 Å². The first-order valence-corrected chi connectivity index (χ1v) is 15.3. The highest BCUT2D eigenvalue weighted by Gasteiger charge is 2.30. The van der Waals surface area contributed by atoms with Crippen molar-refractivity contribution < 1.29 is 33.4 Å². The zero-order valence-electron chi connectivity index (χ0n) is 26.4. The first kappa shape index (κ1) is 34.2. The van der Waals surface area contributed by atoms with Crippen LogP contribution in [0.15, 0.2) is 42.5 Å². The molecule has 0 aromatic heterocycles. The Morgan fingerprint density at radius 1 is 1.11 bits per heavy atom. The second kappa shape index (κ2) is 17.1. The van der Waals surface area contributed by atoms with Gasteiger partial charge >= 0.3 is 0 Å². The number of nitrogens with one attached hydrogen (secondary N) is 3. The summed E-state index contributed by atoms with van der Waals surface area (Å²) in [6.45, 7) is 7.10. The number of carbonyl (C=O) groups is 4. The summed E-state index contributed by atoms with van der Waals surface area (Å²) in [5.41, 5.74) is 1.30. The van der Waals surface area contributed by atoms with Gasteiger partial charge in [0.2, 0.25) is 17.7 Å². The zero-order valence-corrected chi connectivity index (χ0v) is 26.4. The van der Waals surface area contributed by atoms with E-state index in [1.54, 1.807) is 38.4 Å². The third-order valence-electron chi connectivity index (χ3n) is 7.74. The van der Waals surface area contributed by atoms with E-state index >= 15 is 0 Å². The molecule has 11 nitrogen and oxygen atoms in total. The van der Waals surface area contributed by atoms with Crippen LogP contribution in [-0.2, 0) is 20.8 Å². The van der Waals surface area contributed by atoms with Gasteiger partial charge in [0.1, 0.15) is 24.4 Å². The number of likely N-dealkylation sites (N-methyl/N-ethyl adjacent to an activating group) is 1. The molecule has 0 radical (unpaired) electrons. The van der Waals surface area contributed by atoms with Crippen molar-refractivity contribution in [3.8, 4) is 17.2 Å². The van der Waals surface area contributed by atoms with Gasteiger partial charge in [0.15, 0.2) is 11.5 Å². The van der Waals surface area contributed by atoms with Gasteiger partial charge in [0.05, 0.1) is 25.8 Å². The Morgan fingerprint density at radius 3 is 2.61 bits per heavy atom. The molecule has 240 valence electrons. The van der Waals surface area contributed by atoms with Gasteiger partial charge in [-0.2, -0.15) is 0 Å². The van der Waals surface area contributed by atoms with Gasteiger partial charge in [-0.3, -0.25) is 19.2 Å². The summed E-state index contributed by atoms with van der Waals surface area (Å²) < 4.78 is 16.9. The van der Waals surface area contributed by atoms with Gasteiger partial charge in [-0.05, 0) is 61.9 Å². The van der Waals surface area contributed by atoms with E-state index in [9.17, 15) is 19.2 Å². The Hall–Kier alpha value is -4.28. The number of hydrogen-bond acceptors (Lipinski definition) is 7. The van der Waals surface area contributed by atoms with E-state index in [1.807, 2.05) is 39.0 Å². The van der Waals surface area contributed by atoms with Crippen molar-refractivity contribution in [1.82, 2.24) is 20.9 Å². The van der Waals surface area contributed by atoms with Crippen molar-refractivity contribution in [3.05, 3.63) is 53.6 Å². The van der Waals surface area contributed by atoms with Crippen LogP contribution in [0.3, 0.4) is 0 Å². The maximum absolute atomic E-state index is 13.3. The number of ether oxygens (including phenoxy) is 3. The Bertz CT molecular complexity index is 1280. The molecule has 1 aliphatic heterocycles. The van der Waals surface area contributed by atoms with E-state index in [-0.39, 0.29) is 49.3 Å². The fourth-order valence-electron chi connectivity index (χ4n) is 4.90. The molecule has 2 aromatic rings. The summed E-state index contributed by atoms with van der Waals surface area (Å²) in [6, 6.07) is 10.8. The third kappa shape index (κ3) is 9.62. The van der Waals surface area contributed by atoms with E-state index < -0.39 is 23.9 Å². The molecule has 0 unspecified atom stereocenters. The number of para-hydroxylation sites is 1. The van der Waals surface area contributed by atoms with Gasteiger partial charge in [-0.1, -0.05) is 38.5 Å². The second-order valence-corrected chi connectivity index (χ2v) is 10.9. The molecule has 0 spiro atoms. The lowest BCUT2D eigenvalue weighted by Crippen LogP contribution is -2.52. The number of amides is 4. The molecule has 11 heteroatoms. The SMILES string of the molecule is CCOc1ccc(CCCNC(=O)[C@@H]2CCC(=O)N[C@@H]([C@@H](C)CC)C(=O)N(C)CCOc3ccccc3C(=O)N2)cc1OC. The highest BCUT2D eigenvalue weighted by molar-refractivity contribution is 5.99. The maximum atomic E-state index is 13.3. The summed E-state index contributed by atoms with van der Waals surface area (Å²) in [4.78, 5) is 54.4. The summed E-state index contributed by atoms with van der Waals surface area (Å²) in [6.07, 6.45) is 2.03. The molecule has 2 aromatic carbocycles. The fourth-order valence-corrected chi connectivity index (χ4v) is 4.90. The number of carbonyl (C=O) groups excluding carboxylic acids is 4. The number of rotatable bonds is 10. The number of hydrogen-bond donors (Lipinski definition) is 3. The van der Waals surface area contributed by atoms with Crippen LogP contribution < -0.4 is 30.2 Å². The second-order valence-electron chi connectivity index (χ2n) is 10.9.